The Bertz CT molecular complexity index is 407. The Labute approximate surface area is 81.6 Å². The third-order valence-electron chi connectivity index (χ3n) is 2.00. The smallest absolute Gasteiger partial charge is 0.325 e. The van der Waals surface area contributed by atoms with E-state index < -0.39 is 12.0 Å². The van der Waals surface area contributed by atoms with Gasteiger partial charge in [0.05, 0.1) is 11.6 Å². The number of benzene rings is 1. The number of rotatable bonds is 2. The molecular formula is C10H10N2O2. The fourth-order valence-electron chi connectivity index (χ4n) is 1.23. The van der Waals surface area contributed by atoms with Crippen molar-refractivity contribution in [2.45, 2.75) is 13.0 Å². The molecule has 0 saturated carbocycles. The number of nitriles is 1. The van der Waals surface area contributed by atoms with Crippen LogP contribution in [0.1, 0.15) is 22.7 Å². The van der Waals surface area contributed by atoms with Crippen molar-refractivity contribution in [2.24, 2.45) is 5.73 Å². The summed E-state index contributed by atoms with van der Waals surface area (Å²) in [5.74, 6) is -1.07. The summed E-state index contributed by atoms with van der Waals surface area (Å²) >= 11 is 0. The van der Waals surface area contributed by atoms with Crippen molar-refractivity contribution in [1.29, 1.82) is 5.26 Å². The highest BCUT2D eigenvalue weighted by Crippen LogP contribution is 2.17. The molecule has 1 unspecified atom stereocenters. The minimum absolute atomic E-state index is 0.504. The van der Waals surface area contributed by atoms with E-state index in [1.54, 1.807) is 25.1 Å². The second-order valence-corrected chi connectivity index (χ2v) is 3.00. The molecule has 0 saturated heterocycles. The zero-order valence-electron chi connectivity index (χ0n) is 7.69. The number of carbonyl (C=O) groups is 1. The van der Waals surface area contributed by atoms with E-state index in [0.29, 0.717) is 11.1 Å². The highest BCUT2D eigenvalue weighted by molar-refractivity contribution is 5.75. The summed E-state index contributed by atoms with van der Waals surface area (Å²) in [4.78, 5) is 10.6. The van der Waals surface area contributed by atoms with Crippen LogP contribution in [0, 0.1) is 18.3 Å². The van der Waals surface area contributed by atoms with Gasteiger partial charge in [-0.1, -0.05) is 6.07 Å². The third kappa shape index (κ3) is 1.90. The van der Waals surface area contributed by atoms with E-state index >= 15 is 0 Å². The maximum atomic E-state index is 10.6. The van der Waals surface area contributed by atoms with Gasteiger partial charge in [-0.05, 0) is 30.2 Å². The van der Waals surface area contributed by atoms with Crippen LogP contribution in [0.15, 0.2) is 18.2 Å². The average Bonchev–Trinajstić information content (AvgIpc) is 2.16. The molecular weight excluding hydrogens is 180 g/mol. The number of nitrogens with zero attached hydrogens (tertiary/aromatic N) is 1. The minimum atomic E-state index is -1.07. The first-order chi connectivity index (χ1) is 6.56. The Balaban J connectivity index is 3.13. The number of carboxylic acids is 1. The quantitative estimate of drug-likeness (QED) is 0.726. The largest absolute Gasteiger partial charge is 0.480 e. The molecule has 0 aliphatic rings. The lowest BCUT2D eigenvalue weighted by Gasteiger charge is -2.09. The molecule has 0 fully saturated rings. The Morgan fingerprint density at radius 1 is 1.64 bits per heavy atom. The van der Waals surface area contributed by atoms with Crippen LogP contribution in [0.2, 0.25) is 0 Å². The molecule has 0 spiro atoms. The molecule has 0 radical (unpaired) electrons. The summed E-state index contributed by atoms with van der Waals surface area (Å²) in [5, 5.41) is 17.3. The van der Waals surface area contributed by atoms with Gasteiger partial charge in [0.1, 0.15) is 6.04 Å². The summed E-state index contributed by atoms with van der Waals surface area (Å²) in [6.45, 7) is 1.74. The van der Waals surface area contributed by atoms with Gasteiger partial charge < -0.3 is 10.8 Å². The topological polar surface area (TPSA) is 87.1 Å². The fourth-order valence-corrected chi connectivity index (χ4v) is 1.23. The molecule has 3 N–H and O–H groups in total. The molecule has 1 atom stereocenters. The van der Waals surface area contributed by atoms with E-state index in [0.717, 1.165) is 5.56 Å². The van der Waals surface area contributed by atoms with Crippen molar-refractivity contribution in [1.82, 2.24) is 0 Å². The van der Waals surface area contributed by atoms with Gasteiger partial charge in [-0.3, -0.25) is 4.79 Å². The van der Waals surface area contributed by atoms with Crippen LogP contribution < -0.4 is 5.73 Å². The summed E-state index contributed by atoms with van der Waals surface area (Å²) in [7, 11) is 0. The lowest BCUT2D eigenvalue weighted by Crippen LogP contribution is -2.21. The molecule has 1 aromatic rings. The highest BCUT2D eigenvalue weighted by Gasteiger charge is 2.16. The van der Waals surface area contributed by atoms with Crippen molar-refractivity contribution in [2.75, 3.05) is 0 Å². The SMILES string of the molecule is Cc1cc(C#N)ccc1C(N)C(=O)O. The van der Waals surface area contributed by atoms with E-state index in [1.807, 2.05) is 6.07 Å². The molecule has 72 valence electrons. The molecule has 1 rings (SSSR count). The van der Waals surface area contributed by atoms with Crippen molar-refractivity contribution in [3.8, 4) is 6.07 Å². The van der Waals surface area contributed by atoms with Gasteiger partial charge in [-0.15, -0.1) is 0 Å². The van der Waals surface area contributed by atoms with Crippen molar-refractivity contribution >= 4 is 5.97 Å². The monoisotopic (exact) mass is 190 g/mol. The first-order valence-corrected chi connectivity index (χ1v) is 4.05. The maximum absolute atomic E-state index is 10.6. The second kappa shape index (κ2) is 3.90. The average molecular weight is 190 g/mol. The predicted molar refractivity (Wildman–Crippen MR) is 50.5 cm³/mol. The standard InChI is InChI=1S/C10H10N2O2/c1-6-4-7(5-11)2-3-8(6)9(12)10(13)14/h2-4,9H,12H2,1H3,(H,13,14). The van der Waals surface area contributed by atoms with Crippen LogP contribution in [0.4, 0.5) is 0 Å². The number of aliphatic carboxylic acids is 1. The Hall–Kier alpha value is -1.86. The summed E-state index contributed by atoms with van der Waals surface area (Å²) in [6.07, 6.45) is 0. The molecule has 0 heterocycles. The summed E-state index contributed by atoms with van der Waals surface area (Å²) in [5.41, 5.74) is 7.21. The first kappa shape index (κ1) is 10.2. The Morgan fingerprint density at radius 2 is 2.29 bits per heavy atom. The molecule has 0 bridgehead atoms. The van der Waals surface area contributed by atoms with Crippen LogP contribution in [0.25, 0.3) is 0 Å². The zero-order valence-corrected chi connectivity index (χ0v) is 7.69. The lowest BCUT2D eigenvalue weighted by atomic mass is 10.00. The Morgan fingerprint density at radius 3 is 2.71 bits per heavy atom. The first-order valence-electron chi connectivity index (χ1n) is 4.05. The second-order valence-electron chi connectivity index (χ2n) is 3.00. The molecule has 1 aromatic carbocycles. The van der Waals surface area contributed by atoms with Crippen LogP contribution in [-0.4, -0.2) is 11.1 Å². The van der Waals surface area contributed by atoms with Gasteiger partial charge in [0.25, 0.3) is 0 Å². The maximum Gasteiger partial charge on any atom is 0.325 e. The lowest BCUT2D eigenvalue weighted by molar-refractivity contribution is -0.138. The molecule has 4 nitrogen and oxygen atoms in total. The number of nitrogens with two attached hydrogens (primary N) is 1. The molecule has 0 amide bonds. The van der Waals surface area contributed by atoms with Gasteiger partial charge in [-0.2, -0.15) is 5.26 Å². The third-order valence-corrected chi connectivity index (χ3v) is 2.00. The number of aryl methyl sites for hydroxylation is 1. The van der Waals surface area contributed by atoms with Gasteiger partial charge in [0, 0.05) is 0 Å². The van der Waals surface area contributed by atoms with E-state index in [4.69, 9.17) is 16.1 Å². The Kier molecular flexibility index (Phi) is 2.85. The van der Waals surface area contributed by atoms with Crippen LogP contribution in [-0.2, 0) is 4.79 Å². The van der Waals surface area contributed by atoms with Crippen molar-refractivity contribution < 1.29 is 9.90 Å². The van der Waals surface area contributed by atoms with Gasteiger partial charge in [0.2, 0.25) is 0 Å². The van der Waals surface area contributed by atoms with Crippen LogP contribution in [0.5, 0.6) is 0 Å². The molecule has 14 heavy (non-hydrogen) atoms. The number of hydrogen-bond acceptors (Lipinski definition) is 3. The van der Waals surface area contributed by atoms with E-state index in [-0.39, 0.29) is 0 Å². The number of carboxylic acid groups (broad SMARTS) is 1. The zero-order chi connectivity index (χ0) is 10.7. The van der Waals surface area contributed by atoms with E-state index in [9.17, 15) is 4.79 Å². The summed E-state index contributed by atoms with van der Waals surface area (Å²) < 4.78 is 0. The van der Waals surface area contributed by atoms with Crippen LogP contribution in [0.3, 0.4) is 0 Å². The predicted octanol–water partition coefficient (Wildman–Crippen LogP) is 0.951. The van der Waals surface area contributed by atoms with Gasteiger partial charge in [-0.25, -0.2) is 0 Å². The van der Waals surface area contributed by atoms with E-state index in [1.165, 1.54) is 0 Å². The van der Waals surface area contributed by atoms with Gasteiger partial charge in [0.15, 0.2) is 0 Å². The normalized spacial score (nSPS) is 11.8. The van der Waals surface area contributed by atoms with Crippen molar-refractivity contribution in [3.63, 3.8) is 0 Å². The molecule has 0 aromatic heterocycles. The molecule has 4 heteroatoms. The number of hydrogen-bond donors (Lipinski definition) is 2. The van der Waals surface area contributed by atoms with Gasteiger partial charge >= 0.3 is 5.97 Å². The highest BCUT2D eigenvalue weighted by atomic mass is 16.4. The summed E-state index contributed by atoms with van der Waals surface area (Å²) in [6, 6.07) is 5.71. The van der Waals surface area contributed by atoms with Crippen LogP contribution >= 0.6 is 0 Å². The van der Waals surface area contributed by atoms with Crippen molar-refractivity contribution in [3.05, 3.63) is 34.9 Å². The van der Waals surface area contributed by atoms with E-state index in [2.05, 4.69) is 0 Å². The molecule has 0 aliphatic heterocycles. The fraction of sp³-hybridized carbons (Fsp3) is 0.200. The molecule has 0 aliphatic carbocycles. The minimum Gasteiger partial charge on any atom is -0.480 e.